The van der Waals surface area contributed by atoms with Crippen LogP contribution in [0.15, 0.2) is 45.3 Å². The first kappa shape index (κ1) is 16.4. The van der Waals surface area contributed by atoms with Gasteiger partial charge in [-0.25, -0.2) is 0 Å². The van der Waals surface area contributed by atoms with Gasteiger partial charge in [0, 0.05) is 24.6 Å². The number of carbonyl (C=O) groups is 1. The van der Waals surface area contributed by atoms with E-state index in [1.165, 1.54) is 12.1 Å². The van der Waals surface area contributed by atoms with Gasteiger partial charge in [-0.3, -0.25) is 14.9 Å². The number of non-ortho nitro benzene ring substituents is 1. The van der Waals surface area contributed by atoms with Crippen LogP contribution in [0.4, 0.5) is 11.4 Å². The average molecular weight is 526 g/mol. The highest BCUT2D eigenvalue weighted by Crippen LogP contribution is 2.27. The van der Waals surface area contributed by atoms with Gasteiger partial charge in [0.15, 0.2) is 0 Å². The number of rotatable bonds is 3. The summed E-state index contributed by atoms with van der Waals surface area (Å²) < 4.78 is 2.23. The number of anilines is 1. The van der Waals surface area contributed by atoms with E-state index in [1.807, 2.05) is 22.6 Å². The SMILES string of the molecule is O=C(Nc1ccc(Br)cc1Br)c1cc([N+](=O)[O-])ccc1I. The minimum absolute atomic E-state index is 0.115. The molecule has 108 valence electrons. The van der Waals surface area contributed by atoms with E-state index in [0.29, 0.717) is 13.7 Å². The molecule has 2 aromatic rings. The number of hydrogen-bond donors (Lipinski definition) is 1. The maximum Gasteiger partial charge on any atom is 0.270 e. The van der Waals surface area contributed by atoms with Crippen LogP contribution >= 0.6 is 54.5 Å². The zero-order chi connectivity index (χ0) is 15.6. The second-order valence-electron chi connectivity index (χ2n) is 4.00. The van der Waals surface area contributed by atoms with E-state index in [4.69, 9.17) is 0 Å². The van der Waals surface area contributed by atoms with Gasteiger partial charge in [0.1, 0.15) is 0 Å². The molecule has 0 aliphatic carbocycles. The maximum atomic E-state index is 12.3. The molecule has 0 fully saturated rings. The van der Waals surface area contributed by atoms with Crippen molar-refractivity contribution in [3.05, 3.63) is 64.6 Å². The predicted molar refractivity (Wildman–Crippen MR) is 95.6 cm³/mol. The normalized spacial score (nSPS) is 10.2. The van der Waals surface area contributed by atoms with Crippen LogP contribution < -0.4 is 5.32 Å². The van der Waals surface area contributed by atoms with Gasteiger partial charge in [-0.2, -0.15) is 0 Å². The van der Waals surface area contributed by atoms with Crippen LogP contribution in [-0.2, 0) is 0 Å². The molecular formula is C13H7Br2IN2O3. The third-order valence-corrected chi connectivity index (χ3v) is 4.67. The molecule has 0 radical (unpaired) electrons. The van der Waals surface area contributed by atoms with Crippen molar-refractivity contribution in [2.75, 3.05) is 5.32 Å². The molecule has 1 amide bonds. The Morgan fingerprint density at radius 1 is 1.19 bits per heavy atom. The Bertz CT molecular complexity index is 737. The summed E-state index contributed by atoms with van der Waals surface area (Å²) in [6.45, 7) is 0. The molecule has 2 rings (SSSR count). The molecule has 0 heterocycles. The highest BCUT2D eigenvalue weighted by Gasteiger charge is 2.16. The Morgan fingerprint density at radius 2 is 1.90 bits per heavy atom. The van der Waals surface area contributed by atoms with Crippen molar-refractivity contribution in [2.24, 2.45) is 0 Å². The van der Waals surface area contributed by atoms with Gasteiger partial charge in [0.05, 0.1) is 16.2 Å². The monoisotopic (exact) mass is 524 g/mol. The highest BCUT2D eigenvalue weighted by atomic mass is 127. The standard InChI is InChI=1S/C13H7Br2IN2O3/c14-7-1-4-12(10(15)5-7)17-13(19)9-6-8(18(20)21)2-3-11(9)16/h1-6H,(H,17,19). The lowest BCUT2D eigenvalue weighted by atomic mass is 10.2. The Labute approximate surface area is 150 Å². The first-order valence-electron chi connectivity index (χ1n) is 5.59. The lowest BCUT2D eigenvalue weighted by molar-refractivity contribution is -0.384. The fourth-order valence-electron chi connectivity index (χ4n) is 1.58. The number of hydrogen-bond acceptors (Lipinski definition) is 3. The molecule has 0 unspecified atom stereocenters. The van der Waals surface area contributed by atoms with Crippen molar-refractivity contribution < 1.29 is 9.72 Å². The molecule has 0 atom stereocenters. The number of amides is 1. The average Bonchev–Trinajstić information content (AvgIpc) is 2.42. The number of halogens is 3. The molecule has 0 saturated carbocycles. The quantitative estimate of drug-likeness (QED) is 0.349. The number of nitrogens with zero attached hydrogens (tertiary/aromatic N) is 1. The number of nitro benzene ring substituents is 1. The summed E-state index contributed by atoms with van der Waals surface area (Å²) >= 11 is 8.64. The van der Waals surface area contributed by atoms with Crippen molar-refractivity contribution >= 4 is 71.7 Å². The predicted octanol–water partition coefficient (Wildman–Crippen LogP) is 4.98. The van der Waals surface area contributed by atoms with Gasteiger partial charge in [-0.1, -0.05) is 15.9 Å². The van der Waals surface area contributed by atoms with Crippen LogP contribution in [0.1, 0.15) is 10.4 Å². The largest absolute Gasteiger partial charge is 0.321 e. The molecule has 0 aliphatic heterocycles. The maximum absolute atomic E-state index is 12.3. The lowest BCUT2D eigenvalue weighted by Crippen LogP contribution is -2.14. The Hall–Kier alpha value is -1.00. The van der Waals surface area contributed by atoms with E-state index in [1.54, 1.807) is 24.3 Å². The Balaban J connectivity index is 2.32. The summed E-state index contributed by atoms with van der Waals surface area (Å²) in [5, 5.41) is 13.5. The Morgan fingerprint density at radius 3 is 2.52 bits per heavy atom. The van der Waals surface area contributed by atoms with E-state index >= 15 is 0 Å². The number of nitrogens with one attached hydrogen (secondary N) is 1. The van der Waals surface area contributed by atoms with E-state index < -0.39 is 10.8 Å². The zero-order valence-corrected chi connectivity index (χ0v) is 15.6. The summed E-state index contributed by atoms with van der Waals surface area (Å²) in [6, 6.07) is 9.51. The molecular weight excluding hydrogens is 519 g/mol. The number of nitro groups is 1. The van der Waals surface area contributed by atoms with Crippen molar-refractivity contribution in [3.8, 4) is 0 Å². The summed E-state index contributed by atoms with van der Waals surface area (Å²) in [4.78, 5) is 22.5. The van der Waals surface area contributed by atoms with Gasteiger partial charge >= 0.3 is 0 Å². The van der Waals surface area contributed by atoms with Crippen LogP contribution in [0.25, 0.3) is 0 Å². The van der Waals surface area contributed by atoms with Gasteiger partial charge in [0.2, 0.25) is 0 Å². The molecule has 0 aliphatic rings. The number of benzene rings is 2. The first-order chi connectivity index (χ1) is 9.88. The van der Waals surface area contributed by atoms with Crippen LogP contribution in [-0.4, -0.2) is 10.8 Å². The fraction of sp³-hybridized carbons (Fsp3) is 0. The van der Waals surface area contributed by atoms with Gasteiger partial charge in [-0.05, 0) is 62.8 Å². The third-order valence-electron chi connectivity index (χ3n) is 2.58. The molecule has 8 heteroatoms. The van der Waals surface area contributed by atoms with Crippen LogP contribution in [0.5, 0.6) is 0 Å². The smallest absolute Gasteiger partial charge is 0.270 e. The fourth-order valence-corrected chi connectivity index (χ4v) is 3.31. The van der Waals surface area contributed by atoms with E-state index in [2.05, 4.69) is 37.2 Å². The summed E-state index contributed by atoms with van der Waals surface area (Å²) in [7, 11) is 0. The topological polar surface area (TPSA) is 72.2 Å². The zero-order valence-electron chi connectivity index (χ0n) is 10.3. The molecule has 0 saturated heterocycles. The Kier molecular flexibility index (Phi) is 5.33. The van der Waals surface area contributed by atoms with Crippen LogP contribution in [0, 0.1) is 13.7 Å². The van der Waals surface area contributed by atoms with Gasteiger partial charge < -0.3 is 5.32 Å². The second kappa shape index (κ2) is 6.84. The molecule has 2 aromatic carbocycles. The molecule has 0 aromatic heterocycles. The van der Waals surface area contributed by atoms with Crippen molar-refractivity contribution in [1.82, 2.24) is 0 Å². The lowest BCUT2D eigenvalue weighted by Gasteiger charge is -2.09. The second-order valence-corrected chi connectivity index (χ2v) is 6.93. The highest BCUT2D eigenvalue weighted by molar-refractivity contribution is 14.1. The molecule has 5 nitrogen and oxygen atoms in total. The van der Waals surface area contributed by atoms with Gasteiger partial charge in [0.25, 0.3) is 11.6 Å². The van der Waals surface area contributed by atoms with Crippen molar-refractivity contribution in [2.45, 2.75) is 0 Å². The molecule has 0 spiro atoms. The summed E-state index contributed by atoms with van der Waals surface area (Å²) in [5.41, 5.74) is 0.737. The van der Waals surface area contributed by atoms with E-state index in [0.717, 1.165) is 4.47 Å². The van der Waals surface area contributed by atoms with Crippen molar-refractivity contribution in [1.29, 1.82) is 0 Å². The van der Waals surface area contributed by atoms with Crippen LogP contribution in [0.3, 0.4) is 0 Å². The summed E-state index contributed by atoms with van der Waals surface area (Å²) in [6.07, 6.45) is 0. The van der Waals surface area contributed by atoms with Crippen molar-refractivity contribution in [3.63, 3.8) is 0 Å². The summed E-state index contributed by atoms with van der Waals surface area (Å²) in [5.74, 6) is -0.397. The van der Waals surface area contributed by atoms with E-state index in [-0.39, 0.29) is 11.3 Å². The van der Waals surface area contributed by atoms with Gasteiger partial charge in [-0.15, -0.1) is 0 Å². The van der Waals surface area contributed by atoms with Crippen LogP contribution in [0.2, 0.25) is 0 Å². The van der Waals surface area contributed by atoms with E-state index in [9.17, 15) is 14.9 Å². The third kappa shape index (κ3) is 4.01. The minimum Gasteiger partial charge on any atom is -0.321 e. The first-order valence-corrected chi connectivity index (χ1v) is 8.25. The molecule has 21 heavy (non-hydrogen) atoms. The number of carbonyl (C=O) groups excluding carboxylic acids is 1. The minimum atomic E-state index is -0.525. The molecule has 0 bridgehead atoms. The molecule has 1 N–H and O–H groups in total.